The van der Waals surface area contributed by atoms with E-state index in [9.17, 15) is 14.4 Å². The second-order valence-corrected chi connectivity index (χ2v) is 15.5. The highest BCUT2D eigenvalue weighted by atomic mass is 32.2. The minimum Gasteiger partial charge on any atom is -0.458 e. The van der Waals surface area contributed by atoms with E-state index in [-0.39, 0.29) is 25.4 Å². The number of alkyl carbamates (subject to hydrolysis) is 2. The van der Waals surface area contributed by atoms with Crippen LogP contribution in [0.25, 0.3) is 0 Å². The summed E-state index contributed by atoms with van der Waals surface area (Å²) in [6.45, 7) is 18.4. The maximum Gasteiger partial charge on any atom is 0.408 e. The van der Waals surface area contributed by atoms with Crippen molar-refractivity contribution < 1.29 is 38.4 Å². The molecule has 52 heavy (non-hydrogen) atoms. The molecule has 2 amide bonds. The predicted octanol–water partition coefficient (Wildman–Crippen LogP) is 8.57. The first-order valence-corrected chi connectivity index (χ1v) is 18.8. The van der Waals surface area contributed by atoms with Crippen LogP contribution in [0, 0.1) is 0 Å². The lowest BCUT2D eigenvalue weighted by molar-refractivity contribution is -0.297. The van der Waals surface area contributed by atoms with Gasteiger partial charge in [-0.15, -0.1) is 23.5 Å². The summed E-state index contributed by atoms with van der Waals surface area (Å²) < 4.78 is 16.9. The number of hydrogen-bond donors (Lipinski definition) is 2. The summed E-state index contributed by atoms with van der Waals surface area (Å²) in [7, 11) is 0. The Kier molecular flexibility index (Phi) is 16.8. The molecule has 0 radical (unpaired) electrons. The predicted molar refractivity (Wildman–Crippen MR) is 206 cm³/mol. The summed E-state index contributed by atoms with van der Waals surface area (Å²) in [5.41, 5.74) is 0.878. The van der Waals surface area contributed by atoms with Gasteiger partial charge in [0.2, 0.25) is 0 Å². The third-order valence-corrected chi connectivity index (χ3v) is 9.72. The molecule has 2 unspecified atom stereocenters. The monoisotopic (exact) mass is 750 g/mol. The fraction of sp³-hybridized carbons (Fsp3) is 0.375. The first-order chi connectivity index (χ1) is 24.6. The van der Waals surface area contributed by atoms with Crippen LogP contribution in [0.2, 0.25) is 0 Å². The Hall–Kier alpha value is -4.23. The topological polar surface area (TPSA) is 121 Å². The molecule has 3 rings (SSSR count). The van der Waals surface area contributed by atoms with Crippen LogP contribution in [0.5, 0.6) is 0 Å². The molecule has 3 aromatic carbocycles. The largest absolute Gasteiger partial charge is 0.458 e. The third-order valence-electron chi connectivity index (χ3n) is 7.43. The van der Waals surface area contributed by atoms with Gasteiger partial charge in [-0.05, 0) is 76.9 Å². The summed E-state index contributed by atoms with van der Waals surface area (Å²) in [6, 6.07) is 27.0. The summed E-state index contributed by atoms with van der Waals surface area (Å²) in [6.07, 6.45) is -2.62. The highest BCUT2D eigenvalue weighted by Gasteiger charge is 2.30. The Morgan fingerprint density at radius 2 is 1.13 bits per heavy atom. The van der Waals surface area contributed by atoms with Crippen molar-refractivity contribution in [3.63, 3.8) is 0 Å². The average molecular weight is 751 g/mol. The molecular weight excluding hydrogens is 701 g/mol. The van der Waals surface area contributed by atoms with E-state index in [2.05, 4.69) is 23.8 Å². The number of rotatable bonds is 20. The first-order valence-electron chi connectivity index (χ1n) is 16.8. The number of nitrogens with one attached hydrogen (secondary N) is 2. The van der Waals surface area contributed by atoms with Crippen molar-refractivity contribution in [3.8, 4) is 0 Å². The van der Waals surface area contributed by atoms with E-state index >= 15 is 0 Å². The lowest BCUT2D eigenvalue weighted by Crippen LogP contribution is -2.45. The molecule has 0 fully saturated rings. The number of thioether (sulfide) groups is 2. The van der Waals surface area contributed by atoms with Gasteiger partial charge in [0, 0.05) is 26.9 Å². The minimum absolute atomic E-state index is 0.0362. The molecule has 0 heterocycles. The second kappa shape index (κ2) is 20.7. The minimum atomic E-state index is -0.879. The van der Waals surface area contributed by atoms with Gasteiger partial charge in [-0.25, -0.2) is 24.2 Å². The smallest absolute Gasteiger partial charge is 0.408 e. The number of carbonyl (C=O) groups excluding carboxylic acids is 3. The van der Waals surface area contributed by atoms with Crippen LogP contribution in [0.4, 0.5) is 9.59 Å². The number of hydrogen-bond acceptors (Lipinski definition) is 10. The Balaban J connectivity index is 1.65. The van der Waals surface area contributed by atoms with Gasteiger partial charge < -0.3 is 24.8 Å². The summed E-state index contributed by atoms with van der Waals surface area (Å²) in [5.74, 6) is 0.257. The molecule has 0 aliphatic rings. The lowest BCUT2D eigenvalue weighted by Gasteiger charge is -2.31. The van der Waals surface area contributed by atoms with Crippen molar-refractivity contribution in [3.05, 3.63) is 120 Å². The van der Waals surface area contributed by atoms with Gasteiger partial charge in [0.15, 0.2) is 0 Å². The van der Waals surface area contributed by atoms with Crippen LogP contribution in [0.15, 0.2) is 119 Å². The fourth-order valence-corrected chi connectivity index (χ4v) is 6.30. The van der Waals surface area contributed by atoms with E-state index in [1.807, 2.05) is 120 Å². The van der Waals surface area contributed by atoms with E-state index in [4.69, 9.17) is 24.0 Å². The maximum atomic E-state index is 13.2. The molecule has 12 heteroatoms. The lowest BCUT2D eigenvalue weighted by atomic mass is 9.87. The van der Waals surface area contributed by atoms with Gasteiger partial charge in [-0.3, -0.25) is 0 Å². The molecule has 0 spiro atoms. The third kappa shape index (κ3) is 15.2. The quantitative estimate of drug-likeness (QED) is 0.0170. The zero-order valence-corrected chi connectivity index (χ0v) is 32.4. The van der Waals surface area contributed by atoms with Gasteiger partial charge >= 0.3 is 18.2 Å². The highest BCUT2D eigenvalue weighted by molar-refractivity contribution is 7.99. The molecule has 0 aliphatic heterocycles. The molecule has 0 bridgehead atoms. The van der Waals surface area contributed by atoms with E-state index in [1.54, 1.807) is 6.92 Å². The molecule has 2 N–H and O–H groups in total. The van der Waals surface area contributed by atoms with Crippen molar-refractivity contribution >= 4 is 41.7 Å². The molecule has 0 aliphatic carbocycles. The number of benzene rings is 3. The first kappa shape index (κ1) is 42.2. The van der Waals surface area contributed by atoms with E-state index in [0.717, 1.165) is 26.5 Å². The summed E-state index contributed by atoms with van der Waals surface area (Å²) in [5, 5.41) is 5.91. The van der Waals surface area contributed by atoms with E-state index < -0.39 is 41.4 Å². The molecule has 0 saturated carbocycles. The Bertz CT molecular complexity index is 1630. The van der Waals surface area contributed by atoms with Gasteiger partial charge in [0.1, 0.15) is 32.0 Å². The van der Waals surface area contributed by atoms with Gasteiger partial charge in [-0.1, -0.05) is 79.4 Å². The normalized spacial score (nSPS) is 12.6. The standard InChI is InChI=1S/C40H50N2O8S2/c1-28(2)23-47-48-25-33(27-52-35-20-13-10-14-21-35)50-38(45)42-40(7,8)31-17-15-16-30(22-31)39(5,6)41-37(44)49-32(24-46-36(43)29(3)4)26-51-34-18-11-9-12-19-34/h9-22,32-33H,1,3,23-27H2,2,4-8H3,(H,41,44)(H,42,45). The zero-order chi connectivity index (χ0) is 38.1. The molecule has 0 saturated heterocycles. The van der Waals surface area contributed by atoms with Crippen LogP contribution < -0.4 is 10.6 Å². The summed E-state index contributed by atoms with van der Waals surface area (Å²) >= 11 is 3.02. The fourth-order valence-electron chi connectivity index (χ4n) is 4.52. The number of amides is 2. The molecule has 280 valence electrons. The van der Waals surface area contributed by atoms with Crippen LogP contribution in [-0.2, 0) is 39.9 Å². The number of carbonyl (C=O) groups is 3. The van der Waals surface area contributed by atoms with Crippen molar-refractivity contribution in [2.75, 3.05) is 31.3 Å². The second-order valence-electron chi connectivity index (χ2n) is 13.3. The van der Waals surface area contributed by atoms with Crippen molar-refractivity contribution in [2.45, 2.75) is 74.6 Å². The Labute approximate surface area is 316 Å². The van der Waals surface area contributed by atoms with Crippen LogP contribution in [0.3, 0.4) is 0 Å². The molecule has 2 atom stereocenters. The number of esters is 1. The van der Waals surface area contributed by atoms with Gasteiger partial charge in [0.25, 0.3) is 0 Å². The number of ether oxygens (including phenoxy) is 3. The van der Waals surface area contributed by atoms with Crippen molar-refractivity contribution in [1.29, 1.82) is 0 Å². The molecule has 10 nitrogen and oxygen atoms in total. The SMILES string of the molecule is C=C(C)COOCC(CSc1ccccc1)OC(=O)NC(C)(C)c1cccc(C(C)(C)NC(=O)OC(COC(=O)C(=C)C)CSc2ccccc2)c1. The Morgan fingerprint density at radius 3 is 1.58 bits per heavy atom. The van der Waals surface area contributed by atoms with Crippen molar-refractivity contribution in [2.24, 2.45) is 0 Å². The average Bonchev–Trinajstić information content (AvgIpc) is 3.10. The van der Waals surface area contributed by atoms with E-state index in [1.165, 1.54) is 23.5 Å². The van der Waals surface area contributed by atoms with Crippen molar-refractivity contribution in [1.82, 2.24) is 10.6 Å². The van der Waals surface area contributed by atoms with Crippen LogP contribution in [-0.4, -0.2) is 61.7 Å². The van der Waals surface area contributed by atoms with Gasteiger partial charge in [0.05, 0.1) is 11.1 Å². The van der Waals surface area contributed by atoms with E-state index in [0.29, 0.717) is 11.5 Å². The van der Waals surface area contributed by atoms with Crippen LogP contribution >= 0.6 is 23.5 Å². The van der Waals surface area contributed by atoms with Crippen LogP contribution in [0.1, 0.15) is 52.7 Å². The molecular formula is C40H50N2O8S2. The Morgan fingerprint density at radius 1 is 0.673 bits per heavy atom. The summed E-state index contributed by atoms with van der Waals surface area (Å²) in [4.78, 5) is 51.1. The molecule has 3 aromatic rings. The molecule has 0 aromatic heterocycles. The zero-order valence-electron chi connectivity index (χ0n) is 30.8. The highest BCUT2D eigenvalue weighted by Crippen LogP contribution is 2.28. The maximum absolute atomic E-state index is 13.2. The van der Waals surface area contributed by atoms with Gasteiger partial charge in [-0.2, -0.15) is 0 Å².